The van der Waals surface area contributed by atoms with Gasteiger partial charge in [0.25, 0.3) is 5.82 Å². The molecule has 3 nitrogen and oxygen atoms in total. The topological polar surface area (TPSA) is 28.9 Å². The van der Waals surface area contributed by atoms with E-state index in [4.69, 9.17) is 4.74 Å². The molecule has 0 saturated carbocycles. The molecule has 1 aromatic heterocycles. The molecule has 0 radical (unpaired) electrons. The van der Waals surface area contributed by atoms with Gasteiger partial charge in [-0.25, -0.2) is 9.55 Å². The van der Waals surface area contributed by atoms with E-state index in [2.05, 4.69) is 22.7 Å². The van der Waals surface area contributed by atoms with Crippen LogP contribution in [0.4, 0.5) is 0 Å². The second-order valence-electron chi connectivity index (χ2n) is 3.90. The molecule has 1 aromatic rings. The molecule has 1 rings (SSSR count). The number of nitrogens with zero attached hydrogens (tertiary/aromatic N) is 1. The fourth-order valence-electron chi connectivity index (χ4n) is 1.74. The fraction of sp³-hybridized carbons (Fsp3) is 0.750. The summed E-state index contributed by atoms with van der Waals surface area (Å²) in [6.45, 7) is 4.13. The van der Waals surface area contributed by atoms with Gasteiger partial charge in [0.2, 0.25) is 0 Å². The van der Waals surface area contributed by atoms with Crippen LogP contribution in [0.15, 0.2) is 12.4 Å². The molecule has 0 atom stereocenters. The van der Waals surface area contributed by atoms with Gasteiger partial charge in [-0.3, -0.25) is 0 Å². The summed E-state index contributed by atoms with van der Waals surface area (Å²) in [6.07, 6.45) is 10.3. The summed E-state index contributed by atoms with van der Waals surface area (Å²) in [5.74, 6) is 1.35. The zero-order valence-electron chi connectivity index (χ0n) is 9.96. The standard InChI is InChI=1S/C12H22N2O/c1-3-4-5-7-12-13-8-10-14(12)9-6-11-15-2/h8,10H,3-7,9,11H2,1-2H3/p+1. The van der Waals surface area contributed by atoms with Crippen LogP contribution < -0.4 is 4.57 Å². The zero-order valence-corrected chi connectivity index (χ0v) is 9.96. The summed E-state index contributed by atoms with van der Waals surface area (Å²) in [5, 5.41) is 0. The second-order valence-corrected chi connectivity index (χ2v) is 3.90. The van der Waals surface area contributed by atoms with Crippen molar-refractivity contribution in [2.45, 2.75) is 45.6 Å². The van der Waals surface area contributed by atoms with Crippen molar-refractivity contribution in [1.29, 1.82) is 0 Å². The van der Waals surface area contributed by atoms with E-state index in [0.29, 0.717) is 0 Å². The van der Waals surface area contributed by atoms with Gasteiger partial charge in [-0.05, 0) is 6.42 Å². The Balaban J connectivity index is 2.32. The maximum Gasteiger partial charge on any atom is 0.254 e. The third kappa shape index (κ3) is 4.47. The summed E-state index contributed by atoms with van der Waals surface area (Å²) in [6, 6.07) is 0. The first-order valence-corrected chi connectivity index (χ1v) is 5.93. The summed E-state index contributed by atoms with van der Waals surface area (Å²) in [7, 11) is 1.75. The predicted octanol–water partition coefficient (Wildman–Crippen LogP) is 2.07. The van der Waals surface area contributed by atoms with Crippen LogP contribution in [0.5, 0.6) is 0 Å². The second kappa shape index (κ2) is 7.46. The van der Waals surface area contributed by atoms with Gasteiger partial charge in [-0.2, -0.15) is 0 Å². The minimum Gasteiger partial charge on any atom is -0.385 e. The number of H-pyrrole nitrogens is 1. The Bertz CT molecular complexity index is 233. The summed E-state index contributed by atoms with van der Waals surface area (Å²) >= 11 is 0. The van der Waals surface area contributed by atoms with Gasteiger partial charge in [0.05, 0.1) is 6.54 Å². The average Bonchev–Trinajstić information content (AvgIpc) is 2.67. The molecule has 0 aliphatic rings. The minimum absolute atomic E-state index is 0.840. The van der Waals surface area contributed by atoms with Crippen LogP contribution in [0, 0.1) is 0 Å². The van der Waals surface area contributed by atoms with Crippen molar-refractivity contribution in [3.05, 3.63) is 18.2 Å². The van der Waals surface area contributed by atoms with Crippen LogP contribution in [0.3, 0.4) is 0 Å². The van der Waals surface area contributed by atoms with Crippen molar-refractivity contribution < 1.29 is 9.30 Å². The van der Waals surface area contributed by atoms with Crippen molar-refractivity contribution in [3.8, 4) is 0 Å². The number of methoxy groups -OCH3 is 1. The molecule has 0 unspecified atom stereocenters. The van der Waals surface area contributed by atoms with Crippen LogP contribution in [-0.4, -0.2) is 18.7 Å². The molecule has 0 bridgehead atoms. The molecule has 86 valence electrons. The SMILES string of the molecule is CCCCCc1[nH]cc[n+]1CCCOC. The molecule has 0 aliphatic heterocycles. The smallest absolute Gasteiger partial charge is 0.254 e. The number of aromatic nitrogens is 2. The van der Waals surface area contributed by atoms with Crippen LogP contribution in [-0.2, 0) is 17.7 Å². The van der Waals surface area contributed by atoms with E-state index in [9.17, 15) is 0 Å². The Morgan fingerprint density at radius 1 is 1.33 bits per heavy atom. The van der Waals surface area contributed by atoms with E-state index in [-0.39, 0.29) is 0 Å². The van der Waals surface area contributed by atoms with Gasteiger partial charge in [0.15, 0.2) is 0 Å². The lowest BCUT2D eigenvalue weighted by atomic mass is 10.2. The minimum atomic E-state index is 0.840. The highest BCUT2D eigenvalue weighted by Gasteiger charge is 2.08. The number of aromatic amines is 1. The van der Waals surface area contributed by atoms with Crippen molar-refractivity contribution in [1.82, 2.24) is 4.98 Å². The van der Waals surface area contributed by atoms with Gasteiger partial charge in [0, 0.05) is 26.6 Å². The molecule has 0 amide bonds. The molecule has 0 spiro atoms. The Hall–Kier alpha value is -0.830. The van der Waals surface area contributed by atoms with Crippen LogP contribution in [0.2, 0.25) is 0 Å². The number of hydrogen-bond acceptors (Lipinski definition) is 1. The molecule has 1 heterocycles. The van der Waals surface area contributed by atoms with Gasteiger partial charge in [-0.1, -0.05) is 19.8 Å². The molecular weight excluding hydrogens is 188 g/mol. The van der Waals surface area contributed by atoms with E-state index in [1.807, 2.05) is 6.20 Å². The van der Waals surface area contributed by atoms with E-state index < -0.39 is 0 Å². The largest absolute Gasteiger partial charge is 0.385 e. The number of rotatable bonds is 8. The predicted molar refractivity (Wildman–Crippen MR) is 60.7 cm³/mol. The van der Waals surface area contributed by atoms with E-state index in [1.54, 1.807) is 7.11 Å². The highest BCUT2D eigenvalue weighted by atomic mass is 16.5. The van der Waals surface area contributed by atoms with E-state index >= 15 is 0 Å². The fourth-order valence-corrected chi connectivity index (χ4v) is 1.74. The number of hydrogen-bond donors (Lipinski definition) is 1. The normalized spacial score (nSPS) is 10.8. The summed E-state index contributed by atoms with van der Waals surface area (Å²) in [4.78, 5) is 3.31. The molecule has 15 heavy (non-hydrogen) atoms. The molecule has 1 N–H and O–H groups in total. The van der Waals surface area contributed by atoms with Crippen molar-refractivity contribution >= 4 is 0 Å². The van der Waals surface area contributed by atoms with Crippen molar-refractivity contribution in [2.24, 2.45) is 0 Å². The van der Waals surface area contributed by atoms with Crippen LogP contribution in [0.1, 0.15) is 38.4 Å². The Morgan fingerprint density at radius 2 is 2.20 bits per heavy atom. The number of nitrogens with one attached hydrogen (secondary N) is 1. The van der Waals surface area contributed by atoms with E-state index in [0.717, 1.165) is 26.0 Å². The van der Waals surface area contributed by atoms with Gasteiger partial charge in [-0.15, -0.1) is 0 Å². The monoisotopic (exact) mass is 211 g/mol. The Morgan fingerprint density at radius 3 is 2.93 bits per heavy atom. The first kappa shape index (κ1) is 12.2. The third-order valence-corrected chi connectivity index (χ3v) is 2.62. The first-order chi connectivity index (χ1) is 7.38. The summed E-state index contributed by atoms with van der Waals surface area (Å²) in [5.41, 5.74) is 0. The van der Waals surface area contributed by atoms with Gasteiger partial charge in [0.1, 0.15) is 12.4 Å². The molecular formula is C12H23N2O+. The molecule has 0 fully saturated rings. The zero-order chi connectivity index (χ0) is 10.9. The molecule has 3 heteroatoms. The lowest BCUT2D eigenvalue weighted by Gasteiger charge is -2.00. The number of unbranched alkanes of at least 4 members (excludes halogenated alkanes) is 2. The van der Waals surface area contributed by atoms with Gasteiger partial charge >= 0.3 is 0 Å². The summed E-state index contributed by atoms with van der Waals surface area (Å²) < 4.78 is 7.36. The lowest BCUT2D eigenvalue weighted by molar-refractivity contribution is -0.703. The maximum atomic E-state index is 5.05. The van der Waals surface area contributed by atoms with E-state index in [1.165, 1.54) is 25.1 Å². The van der Waals surface area contributed by atoms with Gasteiger partial charge < -0.3 is 4.74 Å². The quantitative estimate of drug-likeness (QED) is 0.517. The molecule has 0 aromatic carbocycles. The molecule has 0 saturated heterocycles. The first-order valence-electron chi connectivity index (χ1n) is 5.93. The highest BCUT2D eigenvalue weighted by molar-refractivity contribution is 4.77. The number of aryl methyl sites for hydroxylation is 2. The average molecular weight is 211 g/mol. The highest BCUT2D eigenvalue weighted by Crippen LogP contribution is 2.00. The van der Waals surface area contributed by atoms with Crippen molar-refractivity contribution in [2.75, 3.05) is 13.7 Å². The van der Waals surface area contributed by atoms with Crippen LogP contribution >= 0.6 is 0 Å². The number of ether oxygens (including phenoxy) is 1. The Labute approximate surface area is 92.5 Å². The Kier molecular flexibility index (Phi) is 6.09. The molecule has 0 aliphatic carbocycles. The maximum absolute atomic E-state index is 5.05. The third-order valence-electron chi connectivity index (χ3n) is 2.62. The van der Waals surface area contributed by atoms with Crippen molar-refractivity contribution in [3.63, 3.8) is 0 Å². The van der Waals surface area contributed by atoms with Crippen LogP contribution in [0.25, 0.3) is 0 Å². The lowest BCUT2D eigenvalue weighted by Crippen LogP contribution is -2.36. The number of imidazole rings is 1.